The molecular formula is C12H11BrN4O. The van der Waals surface area contributed by atoms with E-state index < -0.39 is 0 Å². The van der Waals surface area contributed by atoms with Crippen molar-refractivity contribution < 1.29 is 4.79 Å². The summed E-state index contributed by atoms with van der Waals surface area (Å²) >= 11 is 3.38. The van der Waals surface area contributed by atoms with E-state index in [9.17, 15) is 4.79 Å². The molecule has 0 atom stereocenters. The summed E-state index contributed by atoms with van der Waals surface area (Å²) < 4.78 is 2.89. The number of rotatable bonds is 1. The Labute approximate surface area is 113 Å². The summed E-state index contributed by atoms with van der Waals surface area (Å²) in [6.45, 7) is 1.96. The summed E-state index contributed by atoms with van der Waals surface area (Å²) in [7, 11) is 0. The van der Waals surface area contributed by atoms with Crippen LogP contribution >= 0.6 is 15.9 Å². The molecule has 0 N–H and O–H groups in total. The lowest BCUT2D eigenvalue weighted by Crippen LogP contribution is -2.38. The molecule has 18 heavy (non-hydrogen) atoms. The van der Waals surface area contributed by atoms with Gasteiger partial charge in [-0.2, -0.15) is 0 Å². The average Bonchev–Trinajstić information content (AvgIpc) is 2.85. The van der Waals surface area contributed by atoms with Crippen molar-refractivity contribution in [1.82, 2.24) is 19.7 Å². The molecule has 1 aliphatic rings. The van der Waals surface area contributed by atoms with Crippen LogP contribution in [0.25, 0.3) is 0 Å². The molecule has 1 amide bonds. The second-order valence-corrected chi connectivity index (χ2v) is 5.09. The fourth-order valence-electron chi connectivity index (χ4n) is 2.04. The smallest absolute Gasteiger partial charge is 0.254 e. The van der Waals surface area contributed by atoms with Crippen molar-refractivity contribution >= 4 is 21.8 Å². The first-order valence-corrected chi connectivity index (χ1v) is 6.45. The van der Waals surface area contributed by atoms with E-state index >= 15 is 0 Å². The lowest BCUT2D eigenvalue weighted by atomic mass is 10.2. The molecule has 92 valence electrons. The second kappa shape index (κ2) is 4.53. The van der Waals surface area contributed by atoms with E-state index in [2.05, 4.69) is 26.1 Å². The van der Waals surface area contributed by atoms with Crippen molar-refractivity contribution in [2.75, 3.05) is 6.54 Å². The summed E-state index contributed by atoms with van der Waals surface area (Å²) in [5.74, 6) is 0.871. The van der Waals surface area contributed by atoms with Gasteiger partial charge in [0.2, 0.25) is 0 Å². The third-order valence-corrected chi connectivity index (χ3v) is 3.49. The lowest BCUT2D eigenvalue weighted by Gasteiger charge is -2.27. The van der Waals surface area contributed by atoms with Crippen LogP contribution in [0.15, 0.2) is 35.1 Å². The van der Waals surface area contributed by atoms with Gasteiger partial charge in [-0.1, -0.05) is 22.0 Å². The Balaban J connectivity index is 1.83. The van der Waals surface area contributed by atoms with Crippen LogP contribution in [-0.2, 0) is 13.1 Å². The van der Waals surface area contributed by atoms with E-state index in [4.69, 9.17) is 0 Å². The van der Waals surface area contributed by atoms with Crippen LogP contribution in [0.5, 0.6) is 0 Å². The van der Waals surface area contributed by atoms with Crippen LogP contribution in [0.1, 0.15) is 16.2 Å². The van der Waals surface area contributed by atoms with Gasteiger partial charge >= 0.3 is 0 Å². The Hall–Kier alpha value is -1.69. The summed E-state index contributed by atoms with van der Waals surface area (Å²) in [5.41, 5.74) is 0.692. The van der Waals surface area contributed by atoms with Crippen molar-refractivity contribution in [3.63, 3.8) is 0 Å². The van der Waals surface area contributed by atoms with E-state index in [1.807, 2.05) is 28.8 Å². The van der Waals surface area contributed by atoms with Crippen LogP contribution in [-0.4, -0.2) is 32.1 Å². The summed E-state index contributed by atoms with van der Waals surface area (Å²) in [5, 5.41) is 7.86. The minimum Gasteiger partial charge on any atom is -0.329 e. The Morgan fingerprint density at radius 1 is 1.33 bits per heavy atom. The maximum Gasteiger partial charge on any atom is 0.254 e. The molecule has 2 aromatic rings. The molecule has 0 saturated carbocycles. The number of carbonyl (C=O) groups excluding carboxylic acids is 1. The molecule has 0 fully saturated rings. The lowest BCUT2D eigenvalue weighted by molar-refractivity contribution is 0.0707. The minimum absolute atomic E-state index is 0.0329. The van der Waals surface area contributed by atoms with E-state index in [1.165, 1.54) is 0 Å². The molecule has 0 unspecified atom stereocenters. The van der Waals surface area contributed by atoms with Crippen molar-refractivity contribution in [2.24, 2.45) is 0 Å². The molecule has 1 aliphatic heterocycles. The largest absolute Gasteiger partial charge is 0.329 e. The Morgan fingerprint density at radius 2 is 2.22 bits per heavy atom. The summed E-state index contributed by atoms with van der Waals surface area (Å²) in [6.07, 6.45) is 1.70. The van der Waals surface area contributed by atoms with Crippen molar-refractivity contribution in [3.8, 4) is 0 Å². The second-order valence-electron chi connectivity index (χ2n) is 4.18. The number of amides is 1. The van der Waals surface area contributed by atoms with Crippen molar-refractivity contribution in [2.45, 2.75) is 13.1 Å². The molecule has 0 saturated heterocycles. The highest BCUT2D eigenvalue weighted by molar-refractivity contribution is 9.10. The van der Waals surface area contributed by atoms with Crippen LogP contribution in [0.4, 0.5) is 0 Å². The van der Waals surface area contributed by atoms with Gasteiger partial charge in [-0.3, -0.25) is 4.79 Å². The molecule has 0 aliphatic carbocycles. The van der Waals surface area contributed by atoms with Crippen LogP contribution in [0.3, 0.4) is 0 Å². The van der Waals surface area contributed by atoms with Gasteiger partial charge in [0, 0.05) is 23.1 Å². The summed E-state index contributed by atoms with van der Waals surface area (Å²) in [6, 6.07) is 7.43. The van der Waals surface area contributed by atoms with Gasteiger partial charge in [0.1, 0.15) is 6.33 Å². The molecule has 2 heterocycles. The maximum absolute atomic E-state index is 12.3. The number of hydrogen-bond acceptors (Lipinski definition) is 3. The van der Waals surface area contributed by atoms with Crippen molar-refractivity contribution in [1.29, 1.82) is 0 Å². The highest BCUT2D eigenvalue weighted by Crippen LogP contribution is 2.16. The Bertz CT molecular complexity index is 595. The Morgan fingerprint density at radius 3 is 3.06 bits per heavy atom. The number of halogens is 1. The monoisotopic (exact) mass is 306 g/mol. The first kappa shape index (κ1) is 11.4. The third kappa shape index (κ3) is 2.03. The fraction of sp³-hybridized carbons (Fsp3) is 0.250. The Kier molecular flexibility index (Phi) is 2.87. The van der Waals surface area contributed by atoms with Gasteiger partial charge in [0.15, 0.2) is 5.82 Å². The number of hydrogen-bond donors (Lipinski definition) is 0. The minimum atomic E-state index is 0.0329. The summed E-state index contributed by atoms with van der Waals surface area (Å²) in [4.78, 5) is 14.1. The number of nitrogens with zero attached hydrogens (tertiary/aromatic N) is 4. The van der Waals surface area contributed by atoms with Gasteiger partial charge in [-0.05, 0) is 18.2 Å². The topological polar surface area (TPSA) is 51.0 Å². The SMILES string of the molecule is O=C(c1cccc(Br)c1)N1CCn2cnnc2C1. The maximum atomic E-state index is 12.3. The highest BCUT2D eigenvalue weighted by atomic mass is 79.9. The molecule has 0 spiro atoms. The van der Waals surface area contributed by atoms with Gasteiger partial charge in [0.25, 0.3) is 5.91 Å². The number of fused-ring (bicyclic) bond motifs is 1. The quantitative estimate of drug-likeness (QED) is 0.806. The normalized spacial score (nSPS) is 14.4. The molecule has 0 bridgehead atoms. The molecule has 1 aromatic heterocycles. The number of aromatic nitrogens is 3. The van der Waals surface area contributed by atoms with E-state index in [-0.39, 0.29) is 5.91 Å². The third-order valence-electron chi connectivity index (χ3n) is 3.00. The average molecular weight is 307 g/mol. The molecular weight excluding hydrogens is 296 g/mol. The van der Waals surface area contributed by atoms with E-state index in [0.717, 1.165) is 16.8 Å². The highest BCUT2D eigenvalue weighted by Gasteiger charge is 2.22. The molecule has 1 aromatic carbocycles. The fourth-order valence-corrected chi connectivity index (χ4v) is 2.44. The van der Waals surface area contributed by atoms with Crippen molar-refractivity contribution in [3.05, 3.63) is 46.5 Å². The van der Waals surface area contributed by atoms with Gasteiger partial charge < -0.3 is 9.47 Å². The number of benzene rings is 1. The van der Waals surface area contributed by atoms with E-state index in [1.54, 1.807) is 11.2 Å². The van der Waals surface area contributed by atoms with Gasteiger partial charge in [-0.15, -0.1) is 10.2 Å². The van der Waals surface area contributed by atoms with Crippen LogP contribution in [0, 0.1) is 0 Å². The first-order valence-electron chi connectivity index (χ1n) is 5.65. The van der Waals surface area contributed by atoms with Crippen LogP contribution < -0.4 is 0 Å². The van der Waals surface area contributed by atoms with Gasteiger partial charge in [0.05, 0.1) is 6.54 Å². The van der Waals surface area contributed by atoms with E-state index in [0.29, 0.717) is 18.7 Å². The zero-order chi connectivity index (χ0) is 12.5. The zero-order valence-corrected chi connectivity index (χ0v) is 11.2. The number of carbonyl (C=O) groups is 1. The molecule has 6 heteroatoms. The van der Waals surface area contributed by atoms with Gasteiger partial charge in [-0.25, -0.2) is 0 Å². The molecule has 0 radical (unpaired) electrons. The van der Waals surface area contributed by atoms with Crippen LogP contribution in [0.2, 0.25) is 0 Å². The molecule has 3 rings (SSSR count). The zero-order valence-electron chi connectivity index (χ0n) is 9.58. The standard InChI is InChI=1S/C12H11BrN4O/c13-10-3-1-2-9(6-10)12(18)16-4-5-17-8-14-15-11(17)7-16/h1-3,6,8H,4-5,7H2. The predicted octanol–water partition coefficient (Wildman–Crippen LogP) is 1.70. The predicted molar refractivity (Wildman–Crippen MR) is 68.9 cm³/mol. The molecule has 5 nitrogen and oxygen atoms in total. The first-order chi connectivity index (χ1) is 8.74.